The van der Waals surface area contributed by atoms with Gasteiger partial charge in [0, 0.05) is 10.0 Å². The zero-order valence-corrected chi connectivity index (χ0v) is 18.1. The van der Waals surface area contributed by atoms with Gasteiger partial charge in [-0.15, -0.1) is 0 Å². The lowest BCUT2D eigenvalue weighted by atomic mass is 10.2. The topological polar surface area (TPSA) is 100 Å². The summed E-state index contributed by atoms with van der Waals surface area (Å²) in [5.74, 6) is -0.203. The van der Waals surface area contributed by atoms with Gasteiger partial charge in [-0.1, -0.05) is 15.9 Å². The summed E-state index contributed by atoms with van der Waals surface area (Å²) in [5, 5.41) is 23.1. The predicted octanol–water partition coefficient (Wildman–Crippen LogP) is 3.92. The lowest BCUT2D eigenvalue weighted by Crippen LogP contribution is -2.24. The van der Waals surface area contributed by atoms with Crippen molar-refractivity contribution >= 4 is 59.9 Å². The van der Waals surface area contributed by atoms with E-state index in [2.05, 4.69) is 58.3 Å². The number of benzene rings is 2. The molecule has 3 N–H and O–H groups in total. The van der Waals surface area contributed by atoms with Gasteiger partial charge >= 0.3 is 0 Å². The third kappa shape index (κ3) is 5.12. The molecule has 0 bridgehead atoms. The van der Waals surface area contributed by atoms with Crippen LogP contribution in [0.3, 0.4) is 0 Å². The molecule has 2 aromatic rings. The molecule has 7 nitrogen and oxygen atoms in total. The minimum absolute atomic E-state index is 0.243. The molecule has 0 aliphatic carbocycles. The van der Waals surface area contributed by atoms with Crippen LogP contribution >= 0.6 is 47.8 Å². The lowest BCUT2D eigenvalue weighted by molar-refractivity contribution is -0.123. The van der Waals surface area contributed by atoms with E-state index in [-0.39, 0.29) is 27.1 Å². The van der Waals surface area contributed by atoms with E-state index in [1.807, 2.05) is 0 Å². The van der Waals surface area contributed by atoms with Crippen molar-refractivity contribution in [3.05, 3.63) is 43.2 Å². The van der Waals surface area contributed by atoms with Crippen molar-refractivity contribution in [1.29, 1.82) is 0 Å². The maximum absolute atomic E-state index is 11.8. The third-order valence-corrected chi connectivity index (χ3v) is 5.00. The van der Waals surface area contributed by atoms with Crippen molar-refractivity contribution < 1.29 is 24.5 Å². The first-order valence-corrected chi connectivity index (χ1v) is 9.39. The van der Waals surface area contributed by atoms with Crippen LogP contribution in [0.1, 0.15) is 5.56 Å². The number of phenolic OH excluding ortho intramolecular Hbond substituents is 2. The number of methoxy groups -OCH3 is 1. The monoisotopic (exact) mass is 550 g/mol. The van der Waals surface area contributed by atoms with Gasteiger partial charge in [0.2, 0.25) is 0 Å². The number of amides is 1. The van der Waals surface area contributed by atoms with Gasteiger partial charge in [0.25, 0.3) is 5.91 Å². The van der Waals surface area contributed by atoms with Crippen LogP contribution in [0.25, 0.3) is 0 Å². The number of ether oxygens (including phenoxy) is 2. The fourth-order valence-corrected chi connectivity index (χ4v) is 3.01. The van der Waals surface area contributed by atoms with Gasteiger partial charge in [-0.25, -0.2) is 5.43 Å². The van der Waals surface area contributed by atoms with E-state index in [1.54, 1.807) is 18.2 Å². The Balaban J connectivity index is 1.96. The summed E-state index contributed by atoms with van der Waals surface area (Å²) in [6, 6.07) is 6.68. The Kier molecular flexibility index (Phi) is 7.30. The predicted molar refractivity (Wildman–Crippen MR) is 107 cm³/mol. The molecule has 0 aliphatic rings. The van der Waals surface area contributed by atoms with Gasteiger partial charge in [-0.05, 0) is 56.1 Å². The first kappa shape index (κ1) is 20.5. The van der Waals surface area contributed by atoms with Gasteiger partial charge in [-0.3, -0.25) is 4.79 Å². The second-order valence-corrected chi connectivity index (χ2v) is 7.40. The van der Waals surface area contributed by atoms with Crippen molar-refractivity contribution in [3.8, 4) is 23.0 Å². The molecule has 0 aromatic heterocycles. The van der Waals surface area contributed by atoms with Crippen LogP contribution < -0.4 is 14.9 Å². The van der Waals surface area contributed by atoms with E-state index in [9.17, 15) is 15.0 Å². The number of nitrogens with zero attached hydrogens (tertiary/aromatic N) is 1. The van der Waals surface area contributed by atoms with Gasteiger partial charge < -0.3 is 19.7 Å². The lowest BCUT2D eigenvalue weighted by Gasteiger charge is -2.10. The molecule has 0 aliphatic heterocycles. The molecule has 0 radical (unpaired) electrons. The number of aromatic hydroxyl groups is 2. The highest BCUT2D eigenvalue weighted by Crippen LogP contribution is 2.40. The van der Waals surface area contributed by atoms with E-state index in [1.165, 1.54) is 19.4 Å². The van der Waals surface area contributed by atoms with Gasteiger partial charge in [0.15, 0.2) is 29.6 Å². The number of phenols is 2. The number of halogens is 3. The molecule has 1 amide bonds. The Hall–Kier alpha value is -1.78. The fraction of sp³-hybridized carbons (Fsp3) is 0.125. The Bertz CT molecular complexity index is 858. The molecular weight excluding hydrogens is 540 g/mol. The molecular formula is C16H13Br3N2O5. The molecule has 2 aromatic carbocycles. The Labute approximate surface area is 174 Å². The molecule has 0 saturated heterocycles. The maximum atomic E-state index is 11.8. The molecule has 0 saturated carbocycles. The average molecular weight is 553 g/mol. The summed E-state index contributed by atoms with van der Waals surface area (Å²) >= 11 is 9.56. The van der Waals surface area contributed by atoms with Crippen molar-refractivity contribution in [1.82, 2.24) is 5.43 Å². The molecule has 0 spiro atoms. The number of hydrogen-bond donors (Lipinski definition) is 3. The largest absolute Gasteiger partial charge is 0.503 e. The standard InChI is InChI=1S/C16H13Br3N2O5/c1-25-12-5-9(17)2-3-11(12)26-7-13(22)21-20-6-8-4-10(18)15(23)16(24)14(8)19/h2-6,23-24H,7H2,1H3,(H,21,22). The van der Waals surface area contributed by atoms with Crippen LogP contribution in [-0.4, -0.2) is 36.1 Å². The number of nitrogens with one attached hydrogen (secondary N) is 1. The summed E-state index contributed by atoms with van der Waals surface area (Å²) in [4.78, 5) is 11.8. The van der Waals surface area contributed by atoms with Crippen LogP contribution in [0.15, 0.2) is 42.8 Å². The van der Waals surface area contributed by atoms with Crippen LogP contribution in [0.4, 0.5) is 0 Å². The summed E-state index contributed by atoms with van der Waals surface area (Å²) in [7, 11) is 1.50. The third-order valence-electron chi connectivity index (χ3n) is 3.07. The molecule has 26 heavy (non-hydrogen) atoms. The Morgan fingerprint density at radius 2 is 1.92 bits per heavy atom. The molecule has 10 heteroatoms. The number of hydrogen-bond acceptors (Lipinski definition) is 6. The van der Waals surface area contributed by atoms with Crippen molar-refractivity contribution in [2.75, 3.05) is 13.7 Å². The molecule has 138 valence electrons. The normalized spacial score (nSPS) is 10.8. The second kappa shape index (κ2) is 9.24. The van der Waals surface area contributed by atoms with E-state index in [0.717, 1.165) is 4.47 Å². The van der Waals surface area contributed by atoms with Crippen molar-refractivity contribution in [2.45, 2.75) is 0 Å². The number of rotatable bonds is 6. The van der Waals surface area contributed by atoms with Crippen LogP contribution in [-0.2, 0) is 4.79 Å². The van der Waals surface area contributed by atoms with Crippen LogP contribution in [0.2, 0.25) is 0 Å². The van der Waals surface area contributed by atoms with Gasteiger partial charge in [0.05, 0.1) is 22.3 Å². The fourth-order valence-electron chi connectivity index (χ4n) is 1.83. The second-order valence-electron chi connectivity index (χ2n) is 4.84. The average Bonchev–Trinajstić information content (AvgIpc) is 2.62. The summed E-state index contributed by atoms with van der Waals surface area (Å²) in [5.41, 5.74) is 2.75. The first-order valence-electron chi connectivity index (χ1n) is 7.01. The van der Waals surface area contributed by atoms with Crippen molar-refractivity contribution in [3.63, 3.8) is 0 Å². The minimum Gasteiger partial charge on any atom is -0.503 e. The molecule has 0 fully saturated rings. The highest BCUT2D eigenvalue weighted by Gasteiger charge is 2.13. The Morgan fingerprint density at radius 1 is 1.19 bits per heavy atom. The maximum Gasteiger partial charge on any atom is 0.277 e. The number of hydrazone groups is 1. The zero-order valence-electron chi connectivity index (χ0n) is 13.3. The summed E-state index contributed by atoms with van der Waals surface area (Å²) in [6.07, 6.45) is 1.31. The van der Waals surface area contributed by atoms with E-state index >= 15 is 0 Å². The quantitative estimate of drug-likeness (QED) is 0.286. The van der Waals surface area contributed by atoms with Crippen LogP contribution in [0.5, 0.6) is 23.0 Å². The highest BCUT2D eigenvalue weighted by molar-refractivity contribution is 9.11. The highest BCUT2D eigenvalue weighted by atomic mass is 79.9. The minimum atomic E-state index is -0.482. The van der Waals surface area contributed by atoms with Crippen molar-refractivity contribution in [2.24, 2.45) is 5.10 Å². The smallest absolute Gasteiger partial charge is 0.277 e. The van der Waals surface area contributed by atoms with E-state index < -0.39 is 5.91 Å². The molecule has 0 heterocycles. The van der Waals surface area contributed by atoms with E-state index in [0.29, 0.717) is 17.1 Å². The summed E-state index contributed by atoms with van der Waals surface area (Å²) < 4.78 is 11.9. The SMILES string of the molecule is COc1cc(Br)ccc1OCC(=O)NN=Cc1cc(Br)c(O)c(O)c1Br. The Morgan fingerprint density at radius 3 is 2.62 bits per heavy atom. The zero-order chi connectivity index (χ0) is 19.3. The van der Waals surface area contributed by atoms with Crippen LogP contribution in [0, 0.1) is 0 Å². The van der Waals surface area contributed by atoms with Gasteiger partial charge in [-0.2, -0.15) is 5.10 Å². The summed E-state index contributed by atoms with van der Waals surface area (Å²) in [6.45, 7) is -0.263. The number of carbonyl (C=O) groups is 1. The first-order chi connectivity index (χ1) is 12.3. The van der Waals surface area contributed by atoms with Gasteiger partial charge in [0.1, 0.15) is 0 Å². The number of carbonyl (C=O) groups excluding carboxylic acids is 1. The van der Waals surface area contributed by atoms with E-state index in [4.69, 9.17) is 9.47 Å². The molecule has 0 atom stereocenters. The molecule has 2 rings (SSSR count). The molecule has 0 unspecified atom stereocenters.